The van der Waals surface area contributed by atoms with Crippen LogP contribution in [-0.4, -0.2) is 10.2 Å². The number of fused-ring (bicyclic) bond motifs is 4. The fourth-order valence-electron chi connectivity index (χ4n) is 3.62. The quantitative estimate of drug-likeness (QED) is 0.318. The molecule has 4 aromatic carbocycles. The molecule has 130 valence electrons. The van der Waals surface area contributed by atoms with Gasteiger partial charge in [0.2, 0.25) is 0 Å². The Morgan fingerprint density at radius 1 is 0.593 bits per heavy atom. The maximum atomic E-state index is 13.0. The van der Waals surface area contributed by atoms with Crippen molar-refractivity contribution < 1.29 is 14.6 Å². The largest absolute Gasteiger partial charge is 0.506 e. The van der Waals surface area contributed by atoms with Gasteiger partial charge < -0.3 is 14.6 Å². The molecule has 7 nitrogen and oxygen atoms in total. The molecule has 0 bridgehead atoms. The zero-order chi connectivity index (χ0) is 19.0. The van der Waals surface area contributed by atoms with Crippen LogP contribution in [0.2, 0.25) is 0 Å². The van der Waals surface area contributed by atoms with Gasteiger partial charge >= 0.3 is 11.3 Å². The number of phenols is 2. The molecule has 0 fully saturated rings. The summed E-state index contributed by atoms with van der Waals surface area (Å²) in [6, 6.07) is 8.49. The van der Waals surface area contributed by atoms with Gasteiger partial charge in [0.1, 0.15) is 11.5 Å². The molecular formula is C20H8O7. The average Bonchev–Trinajstić information content (AvgIpc) is 2.95. The van der Waals surface area contributed by atoms with Crippen LogP contribution in [-0.2, 0) is 0 Å². The van der Waals surface area contributed by atoms with Crippen molar-refractivity contribution in [1.82, 2.24) is 0 Å². The Hall–Kier alpha value is -4.00. The van der Waals surface area contributed by atoms with Crippen LogP contribution >= 0.6 is 0 Å². The summed E-state index contributed by atoms with van der Waals surface area (Å²) >= 11 is 0. The van der Waals surface area contributed by atoms with E-state index in [1.165, 1.54) is 12.1 Å². The highest BCUT2D eigenvalue weighted by Crippen LogP contribution is 2.39. The Balaban J connectivity index is 2.20. The molecule has 5 rings (SSSR count). The molecular weight excluding hydrogens is 352 g/mol. The van der Waals surface area contributed by atoms with Crippen LogP contribution in [0.3, 0.4) is 0 Å². The molecule has 0 radical (unpaired) electrons. The summed E-state index contributed by atoms with van der Waals surface area (Å²) in [6.45, 7) is 0. The van der Waals surface area contributed by atoms with E-state index in [1.54, 1.807) is 12.1 Å². The number of furan rings is 1. The SMILES string of the molecule is O=c1oc(=O)c2cc3c(=O)c4c(O)c5ccccc5c(O)c4c(=O)c3cc12. The van der Waals surface area contributed by atoms with E-state index in [0.29, 0.717) is 0 Å². The molecule has 27 heavy (non-hydrogen) atoms. The molecule has 7 heteroatoms. The predicted molar refractivity (Wildman–Crippen MR) is 99.5 cm³/mol. The first-order chi connectivity index (χ1) is 12.9. The summed E-state index contributed by atoms with van der Waals surface area (Å²) in [6.07, 6.45) is 0. The second-order valence-corrected chi connectivity index (χ2v) is 6.27. The number of hydrogen-bond acceptors (Lipinski definition) is 7. The lowest BCUT2D eigenvalue weighted by Crippen LogP contribution is -2.14. The average molecular weight is 360 g/mol. The number of rotatable bonds is 0. The van der Waals surface area contributed by atoms with Gasteiger partial charge in [-0.05, 0) is 12.1 Å². The molecule has 0 spiro atoms. The molecule has 0 unspecified atom stereocenters. The molecule has 0 aliphatic carbocycles. The number of hydrogen-bond donors (Lipinski definition) is 2. The summed E-state index contributed by atoms with van der Waals surface area (Å²) in [5, 5.41) is 20.4. The lowest BCUT2D eigenvalue weighted by atomic mass is 9.95. The van der Waals surface area contributed by atoms with Crippen LogP contribution in [0.5, 0.6) is 11.5 Å². The van der Waals surface area contributed by atoms with Crippen molar-refractivity contribution >= 4 is 43.1 Å². The highest BCUT2D eigenvalue weighted by molar-refractivity contribution is 6.15. The number of benzene rings is 4. The Morgan fingerprint density at radius 2 is 1.00 bits per heavy atom. The van der Waals surface area contributed by atoms with Crippen LogP contribution in [0, 0.1) is 0 Å². The zero-order valence-corrected chi connectivity index (χ0v) is 13.4. The van der Waals surface area contributed by atoms with Crippen molar-refractivity contribution in [3.05, 3.63) is 77.7 Å². The van der Waals surface area contributed by atoms with Crippen LogP contribution in [0.4, 0.5) is 0 Å². The maximum Gasteiger partial charge on any atom is 0.346 e. The van der Waals surface area contributed by atoms with Crippen molar-refractivity contribution in [1.29, 1.82) is 0 Å². The Bertz CT molecular complexity index is 1540. The lowest BCUT2D eigenvalue weighted by molar-refractivity contribution is 0.478. The van der Waals surface area contributed by atoms with Crippen LogP contribution in [0.25, 0.3) is 43.1 Å². The molecule has 2 N–H and O–H groups in total. The van der Waals surface area contributed by atoms with Gasteiger partial charge in [-0.2, -0.15) is 0 Å². The van der Waals surface area contributed by atoms with Gasteiger partial charge in [-0.25, -0.2) is 9.59 Å². The minimum Gasteiger partial charge on any atom is -0.506 e. The first-order valence-corrected chi connectivity index (χ1v) is 7.90. The fraction of sp³-hybridized carbons (Fsp3) is 0. The lowest BCUT2D eigenvalue weighted by Gasteiger charge is -2.09. The molecule has 0 atom stereocenters. The Kier molecular flexibility index (Phi) is 2.71. The standard InChI is InChI=1S/C20H8O7/c21-15-7-3-1-2-4-8(7)16(22)14-13(15)17(23)9-5-11-12(6-10(9)18(14)24)20(26)27-19(11)25/h1-6,21-22H. The van der Waals surface area contributed by atoms with E-state index < -0.39 is 33.6 Å². The highest BCUT2D eigenvalue weighted by atomic mass is 16.4. The monoisotopic (exact) mass is 360 g/mol. The first-order valence-electron chi connectivity index (χ1n) is 7.90. The number of aromatic hydroxyl groups is 2. The molecule has 5 aromatic rings. The zero-order valence-electron chi connectivity index (χ0n) is 13.4. The fourth-order valence-corrected chi connectivity index (χ4v) is 3.62. The summed E-state index contributed by atoms with van der Waals surface area (Å²) in [7, 11) is 0. The molecule has 1 aromatic heterocycles. The van der Waals surface area contributed by atoms with Crippen molar-refractivity contribution in [2.45, 2.75) is 0 Å². The third kappa shape index (κ3) is 1.75. The van der Waals surface area contributed by atoms with Crippen molar-refractivity contribution in [3.8, 4) is 11.5 Å². The summed E-state index contributed by atoms with van der Waals surface area (Å²) < 4.78 is 4.51. The van der Waals surface area contributed by atoms with Gasteiger partial charge in [0.15, 0.2) is 10.9 Å². The Morgan fingerprint density at radius 3 is 1.41 bits per heavy atom. The van der Waals surface area contributed by atoms with Gasteiger partial charge in [0.25, 0.3) is 0 Å². The van der Waals surface area contributed by atoms with Gasteiger partial charge in [-0.3, -0.25) is 9.59 Å². The topological polar surface area (TPSA) is 122 Å². The van der Waals surface area contributed by atoms with Crippen molar-refractivity contribution in [2.75, 3.05) is 0 Å². The van der Waals surface area contributed by atoms with E-state index in [4.69, 9.17) is 0 Å². The van der Waals surface area contributed by atoms with E-state index in [2.05, 4.69) is 4.42 Å². The van der Waals surface area contributed by atoms with Gasteiger partial charge in [0, 0.05) is 21.5 Å². The van der Waals surface area contributed by atoms with Crippen molar-refractivity contribution in [2.24, 2.45) is 0 Å². The second kappa shape index (κ2) is 4.79. The van der Waals surface area contributed by atoms with Gasteiger partial charge in [-0.15, -0.1) is 0 Å². The molecule has 0 saturated carbocycles. The maximum absolute atomic E-state index is 13.0. The smallest absolute Gasteiger partial charge is 0.346 e. The second-order valence-electron chi connectivity index (χ2n) is 6.27. The normalized spacial score (nSPS) is 11.9. The van der Waals surface area contributed by atoms with Crippen LogP contribution in [0.15, 0.2) is 60.0 Å². The minimum absolute atomic E-state index is 0.118. The molecule has 0 aliphatic rings. The van der Waals surface area contributed by atoms with Crippen molar-refractivity contribution in [3.63, 3.8) is 0 Å². The minimum atomic E-state index is -0.908. The van der Waals surface area contributed by atoms with E-state index in [-0.39, 0.29) is 43.1 Å². The summed E-state index contributed by atoms with van der Waals surface area (Å²) in [4.78, 5) is 49.5. The third-order valence-corrected chi connectivity index (χ3v) is 4.89. The number of phenolic OH excluding ortho intramolecular Hbond substituents is 2. The van der Waals surface area contributed by atoms with E-state index in [0.717, 1.165) is 12.1 Å². The molecule has 0 amide bonds. The van der Waals surface area contributed by atoms with Gasteiger partial charge in [0.05, 0.1) is 21.5 Å². The summed E-state index contributed by atoms with van der Waals surface area (Å²) in [5.41, 5.74) is -3.27. The molecule has 0 saturated heterocycles. The van der Waals surface area contributed by atoms with Crippen LogP contribution < -0.4 is 22.1 Å². The molecule has 0 aliphatic heterocycles. The summed E-state index contributed by atoms with van der Waals surface area (Å²) in [5.74, 6) is -0.858. The van der Waals surface area contributed by atoms with Crippen LogP contribution in [0.1, 0.15) is 0 Å². The Labute approximate surface area is 147 Å². The van der Waals surface area contributed by atoms with E-state index in [9.17, 15) is 29.4 Å². The van der Waals surface area contributed by atoms with Gasteiger partial charge in [-0.1, -0.05) is 24.3 Å². The van der Waals surface area contributed by atoms with E-state index in [1.807, 2.05) is 0 Å². The predicted octanol–water partition coefficient (Wildman–Crippen LogP) is 1.62. The first kappa shape index (κ1) is 15.3. The van der Waals surface area contributed by atoms with E-state index >= 15 is 0 Å². The highest BCUT2D eigenvalue weighted by Gasteiger charge is 2.22. The molecule has 1 heterocycles. The third-order valence-electron chi connectivity index (χ3n) is 4.89.